The number of aryl methyl sites for hydroxylation is 1. The van der Waals surface area contributed by atoms with Gasteiger partial charge in [-0.2, -0.15) is 54.0 Å². The number of benzene rings is 1. The molecule has 4 amide bonds. The lowest BCUT2D eigenvalue weighted by atomic mass is 9.60. The molecule has 4 fully saturated rings. The highest BCUT2D eigenvalue weighted by molar-refractivity contribution is 7.59. The summed E-state index contributed by atoms with van der Waals surface area (Å²) in [4.78, 5) is 73.1. The molecule has 3 aromatic heterocycles. The number of hydrazine groups is 1. The van der Waals surface area contributed by atoms with Crippen LogP contribution in [-0.2, 0) is 48.0 Å². The van der Waals surface area contributed by atoms with Crippen LogP contribution in [-0.4, -0.2) is 149 Å². The monoisotopic (exact) mass is 1090 g/mol. The van der Waals surface area contributed by atoms with Crippen LogP contribution in [0.2, 0.25) is 0 Å². The Kier molecular flexibility index (Phi) is 20.1. The highest BCUT2D eigenvalue weighted by Crippen LogP contribution is 2.51. The van der Waals surface area contributed by atoms with Gasteiger partial charge < -0.3 is 33.9 Å². The van der Waals surface area contributed by atoms with E-state index in [1.807, 2.05) is 37.1 Å². The standard InChI is InChI=1S/C51H69N9O7S.4H2S/c1-9-59-41-15-14-33-22-36(41)37(45(59)35-12-10-16-52-43(35)32(4)65-8)26-50(5,6)30-67-48(63)38-13-11-17-60(55-38)47(62)39(23-42-53-40(33)27-68-42)54-46(61)44(31(2)3)56(7)49(64)58-28-51(29-58)24-34(25-51)57-18-20-66-21-19-57;;;;/h10,12,14-16,22,27,31-32,34,38-39,44,55H,9,11,13,17-21,23-26,28-30H2,1-8H3,(H,54,61);4*1H2/t32-,38-,39-,44-;;;;/m0..../s1. The number of nitrogens with one attached hydrogen (secondary N) is 2. The molecular formula is C51H77N9O7S5. The highest BCUT2D eigenvalue weighted by atomic mass is 32.1. The van der Waals surface area contributed by atoms with Crippen molar-refractivity contribution in [3.8, 4) is 22.5 Å². The number of morpholine rings is 1. The molecule has 3 saturated heterocycles. The Morgan fingerprint density at radius 3 is 2.44 bits per heavy atom. The van der Waals surface area contributed by atoms with Crippen molar-refractivity contribution in [2.24, 2.45) is 16.7 Å². The summed E-state index contributed by atoms with van der Waals surface area (Å²) in [5.41, 5.74) is 9.57. The second-order valence-electron chi connectivity index (χ2n) is 20.9. The largest absolute Gasteiger partial charge is 0.464 e. The van der Waals surface area contributed by atoms with Crippen LogP contribution >= 0.6 is 65.3 Å². The molecule has 1 aromatic carbocycles. The SMILES string of the molecule is CCn1c(-c2cccnc2[C@H](C)OC)c2c3cc(ccc31)-c1csc(n1)C[C@H](NC(=O)[C@H](C(C)C)N(C)C(=O)N1CC3(CC(N4CCOCC4)C3)C1)C(=O)N1CCC[C@H](N1)C(=O)OCC(C)(C)C2.S.S.S.S. The van der Waals surface area contributed by atoms with Gasteiger partial charge in [-0.05, 0) is 81.7 Å². The Balaban J connectivity index is 0.00000241. The number of hydrogen-bond donors (Lipinski definition) is 2. The fourth-order valence-corrected chi connectivity index (χ4v) is 12.2. The van der Waals surface area contributed by atoms with E-state index in [2.05, 4.69) is 65.2 Å². The number of carbonyl (C=O) groups is 4. The van der Waals surface area contributed by atoms with E-state index in [4.69, 9.17) is 24.2 Å². The van der Waals surface area contributed by atoms with Crippen molar-refractivity contribution in [3.63, 3.8) is 0 Å². The van der Waals surface area contributed by atoms with E-state index in [1.165, 1.54) is 16.3 Å². The second kappa shape index (κ2) is 24.4. The predicted octanol–water partition coefficient (Wildman–Crippen LogP) is 6.53. The Bertz CT molecular complexity index is 2540. The molecule has 2 N–H and O–H groups in total. The molecule has 6 bridgehead atoms. The van der Waals surface area contributed by atoms with Gasteiger partial charge in [0.1, 0.15) is 18.1 Å². The van der Waals surface area contributed by atoms with Gasteiger partial charge in [0.05, 0.1) is 48.0 Å². The minimum Gasteiger partial charge on any atom is -0.464 e. The third-order valence-electron chi connectivity index (χ3n) is 15.0. The number of fused-ring (bicyclic) bond motifs is 6. The number of pyridine rings is 1. The molecule has 4 aromatic rings. The zero-order valence-electron chi connectivity index (χ0n) is 43.0. The van der Waals surface area contributed by atoms with Crippen LogP contribution in [0.1, 0.15) is 89.6 Å². The number of cyclic esters (lactones) is 1. The van der Waals surface area contributed by atoms with Crippen molar-refractivity contribution >= 4 is 100 Å². The Labute approximate surface area is 456 Å². The smallest absolute Gasteiger partial charge is 0.324 e. The third kappa shape index (κ3) is 11.9. The van der Waals surface area contributed by atoms with Crippen molar-refractivity contribution in [3.05, 3.63) is 58.2 Å². The molecule has 21 heteroatoms. The maximum atomic E-state index is 14.7. The van der Waals surface area contributed by atoms with Gasteiger partial charge >= 0.3 is 12.0 Å². The van der Waals surface area contributed by atoms with E-state index in [0.29, 0.717) is 56.5 Å². The number of rotatable bonds is 9. The van der Waals surface area contributed by atoms with E-state index in [1.54, 1.807) is 25.3 Å². The van der Waals surface area contributed by atoms with Gasteiger partial charge in [0.15, 0.2) is 0 Å². The van der Waals surface area contributed by atoms with Crippen LogP contribution in [0.25, 0.3) is 33.4 Å². The zero-order valence-corrected chi connectivity index (χ0v) is 47.8. The van der Waals surface area contributed by atoms with Crippen LogP contribution in [0.5, 0.6) is 0 Å². The van der Waals surface area contributed by atoms with E-state index in [-0.39, 0.29) is 96.4 Å². The summed E-state index contributed by atoms with van der Waals surface area (Å²) >= 11 is 1.44. The topological polar surface area (TPSA) is 164 Å². The first-order valence-corrected chi connectivity index (χ1v) is 25.4. The first kappa shape index (κ1) is 59.3. The van der Waals surface area contributed by atoms with Crippen LogP contribution in [0, 0.1) is 16.7 Å². The van der Waals surface area contributed by atoms with Crippen LogP contribution in [0.3, 0.4) is 0 Å². The Hall–Kier alpha value is -3.54. The van der Waals surface area contributed by atoms with Crippen molar-refractivity contribution in [2.45, 2.75) is 117 Å². The van der Waals surface area contributed by atoms with E-state index < -0.39 is 35.4 Å². The Morgan fingerprint density at radius 1 is 1.04 bits per heavy atom. The van der Waals surface area contributed by atoms with Crippen LogP contribution in [0.15, 0.2) is 41.9 Å². The minimum atomic E-state index is -1.04. The Morgan fingerprint density at radius 2 is 1.76 bits per heavy atom. The number of nitrogens with zero attached hydrogens (tertiary/aromatic N) is 7. The molecule has 72 heavy (non-hydrogen) atoms. The summed E-state index contributed by atoms with van der Waals surface area (Å²) in [5.74, 6) is -1.48. The number of thiazole rings is 1. The lowest BCUT2D eigenvalue weighted by Gasteiger charge is -2.61. The van der Waals surface area contributed by atoms with Crippen molar-refractivity contribution in [1.82, 2.24) is 45.0 Å². The molecule has 4 atom stereocenters. The maximum Gasteiger partial charge on any atom is 0.324 e. The molecule has 4 aliphatic heterocycles. The van der Waals surface area contributed by atoms with Gasteiger partial charge in [-0.3, -0.25) is 29.3 Å². The first-order valence-electron chi connectivity index (χ1n) is 24.6. The summed E-state index contributed by atoms with van der Waals surface area (Å²) in [7, 11) is 3.38. The van der Waals surface area contributed by atoms with Crippen molar-refractivity contribution in [1.29, 1.82) is 0 Å². The quantitative estimate of drug-likeness (QED) is 0.175. The molecule has 1 spiro atoms. The molecule has 7 heterocycles. The average Bonchev–Trinajstić information content (AvgIpc) is 3.90. The number of hydrogen-bond acceptors (Lipinski definition) is 12. The van der Waals surface area contributed by atoms with E-state index in [0.717, 1.165) is 83.8 Å². The molecule has 398 valence electrons. The van der Waals surface area contributed by atoms with Crippen LogP contribution in [0.4, 0.5) is 4.79 Å². The highest BCUT2D eigenvalue weighted by Gasteiger charge is 2.56. The maximum absolute atomic E-state index is 14.7. The van der Waals surface area contributed by atoms with Gasteiger partial charge in [-0.25, -0.2) is 15.2 Å². The number of esters is 1. The number of carbonyl (C=O) groups excluding carboxylic acids is 4. The number of likely N-dealkylation sites (tertiary alicyclic amines) is 1. The summed E-state index contributed by atoms with van der Waals surface area (Å²) < 4.78 is 19.8. The zero-order chi connectivity index (χ0) is 48.1. The van der Waals surface area contributed by atoms with Gasteiger partial charge in [0.2, 0.25) is 5.91 Å². The predicted molar refractivity (Wildman–Crippen MR) is 302 cm³/mol. The van der Waals surface area contributed by atoms with Gasteiger partial charge in [0, 0.05) is 110 Å². The lowest BCUT2D eigenvalue weighted by molar-refractivity contribution is -0.155. The molecule has 0 radical (unpaired) electrons. The summed E-state index contributed by atoms with van der Waals surface area (Å²) in [6.45, 7) is 18.2. The lowest BCUT2D eigenvalue weighted by Crippen LogP contribution is -2.70. The number of ether oxygens (including phenoxy) is 3. The van der Waals surface area contributed by atoms with Gasteiger partial charge in [-0.15, -0.1) is 11.3 Å². The molecule has 1 aliphatic carbocycles. The van der Waals surface area contributed by atoms with Gasteiger partial charge in [-0.1, -0.05) is 33.8 Å². The number of urea groups is 1. The van der Waals surface area contributed by atoms with Crippen molar-refractivity contribution < 1.29 is 33.4 Å². The van der Waals surface area contributed by atoms with Gasteiger partial charge in [0.25, 0.3) is 5.91 Å². The second-order valence-corrected chi connectivity index (χ2v) is 21.9. The summed E-state index contributed by atoms with van der Waals surface area (Å²) in [6, 6.07) is 8.21. The molecule has 9 rings (SSSR count). The van der Waals surface area contributed by atoms with Crippen LogP contribution < -0.4 is 10.7 Å². The number of methoxy groups -OCH3 is 1. The molecular weight excluding hydrogens is 1010 g/mol. The fraction of sp³-hybridized carbons (Fsp3) is 0.608. The summed E-state index contributed by atoms with van der Waals surface area (Å²) in [6.07, 6.45) is 5.46. The number of amides is 4. The molecule has 1 saturated carbocycles. The van der Waals surface area contributed by atoms with Crippen molar-refractivity contribution in [2.75, 3.05) is 66.7 Å². The fourth-order valence-electron chi connectivity index (χ4n) is 11.4. The minimum absolute atomic E-state index is 0. The average molecular weight is 1090 g/mol. The number of aromatic nitrogens is 3. The summed E-state index contributed by atoms with van der Waals surface area (Å²) in [5, 5.41) is 8.28. The third-order valence-corrected chi connectivity index (χ3v) is 15.9. The molecule has 5 aliphatic rings. The molecule has 0 unspecified atom stereocenters. The normalized spacial score (nSPS) is 21.8. The molecule has 16 nitrogen and oxygen atoms in total. The van der Waals surface area contributed by atoms with E-state index in [9.17, 15) is 19.2 Å². The first-order chi connectivity index (χ1) is 32.6. The van der Waals surface area contributed by atoms with E-state index >= 15 is 0 Å². The number of likely N-dealkylation sites (N-methyl/N-ethyl adjacent to an activating group) is 1.